The van der Waals surface area contributed by atoms with Crippen molar-refractivity contribution in [1.29, 1.82) is 0 Å². The number of nitrogens with zero attached hydrogens (tertiary/aromatic N) is 1. The van der Waals surface area contributed by atoms with Crippen molar-refractivity contribution < 1.29 is 5.21 Å². The summed E-state index contributed by atoms with van der Waals surface area (Å²) >= 11 is 0. The van der Waals surface area contributed by atoms with Gasteiger partial charge in [-0.25, -0.2) is 0 Å². The molecule has 11 heavy (non-hydrogen) atoms. The summed E-state index contributed by atoms with van der Waals surface area (Å²) in [6.07, 6.45) is 2.15. The summed E-state index contributed by atoms with van der Waals surface area (Å²) in [6.45, 7) is 6.66. The van der Waals surface area contributed by atoms with E-state index >= 15 is 0 Å². The molecule has 0 amide bonds. The Morgan fingerprint density at radius 1 is 1.36 bits per heavy atom. The van der Waals surface area contributed by atoms with Crippen LogP contribution in [0.5, 0.6) is 0 Å². The zero-order valence-electron chi connectivity index (χ0n) is 7.54. The Morgan fingerprint density at radius 2 is 2.00 bits per heavy atom. The molecule has 3 atom stereocenters. The Balaban J connectivity index is 2.67. The van der Waals surface area contributed by atoms with Crippen LogP contribution in [0.4, 0.5) is 0 Å². The summed E-state index contributed by atoms with van der Waals surface area (Å²) in [7, 11) is 0. The highest BCUT2D eigenvalue weighted by Crippen LogP contribution is 2.32. The van der Waals surface area contributed by atoms with Gasteiger partial charge in [-0.2, -0.15) is 0 Å². The number of hydrogen-bond acceptors (Lipinski definition) is 2. The maximum atomic E-state index is 8.65. The summed E-state index contributed by atoms with van der Waals surface area (Å²) in [5.74, 6) is 1.90. The quantitative estimate of drug-likeness (QED) is 0.423. The zero-order valence-corrected chi connectivity index (χ0v) is 7.54. The molecule has 0 radical (unpaired) electrons. The average molecular weight is 155 g/mol. The van der Waals surface area contributed by atoms with E-state index in [1.54, 1.807) is 0 Å². The van der Waals surface area contributed by atoms with Crippen molar-refractivity contribution >= 4 is 5.71 Å². The summed E-state index contributed by atoms with van der Waals surface area (Å²) in [6, 6.07) is 0. The minimum atomic E-state index is 0.462. The van der Waals surface area contributed by atoms with Crippen molar-refractivity contribution in [1.82, 2.24) is 0 Å². The Labute approximate surface area is 68.3 Å². The molecule has 0 heterocycles. The maximum Gasteiger partial charge on any atom is 0.0601 e. The van der Waals surface area contributed by atoms with Crippen LogP contribution in [0.15, 0.2) is 5.16 Å². The number of rotatable bonds is 0. The van der Waals surface area contributed by atoms with Crippen molar-refractivity contribution in [2.75, 3.05) is 0 Å². The molecular weight excluding hydrogens is 138 g/mol. The number of oxime groups is 1. The SMILES string of the molecule is CC1CCC(=NO)C(C)C1C. The first-order chi connectivity index (χ1) is 5.16. The van der Waals surface area contributed by atoms with E-state index < -0.39 is 0 Å². The lowest BCUT2D eigenvalue weighted by molar-refractivity contribution is 0.265. The largest absolute Gasteiger partial charge is 0.411 e. The topological polar surface area (TPSA) is 32.6 Å². The van der Waals surface area contributed by atoms with Gasteiger partial charge in [-0.3, -0.25) is 0 Å². The molecule has 0 aliphatic heterocycles. The zero-order chi connectivity index (χ0) is 8.43. The van der Waals surface area contributed by atoms with Gasteiger partial charge < -0.3 is 5.21 Å². The molecule has 0 aromatic carbocycles. The van der Waals surface area contributed by atoms with Crippen LogP contribution in [0.2, 0.25) is 0 Å². The minimum Gasteiger partial charge on any atom is -0.411 e. The molecule has 1 aliphatic carbocycles. The van der Waals surface area contributed by atoms with Crippen LogP contribution in [0.3, 0.4) is 0 Å². The molecule has 2 heteroatoms. The fourth-order valence-corrected chi connectivity index (χ4v) is 1.80. The predicted molar refractivity (Wildman–Crippen MR) is 45.9 cm³/mol. The van der Waals surface area contributed by atoms with E-state index in [4.69, 9.17) is 5.21 Å². The highest BCUT2D eigenvalue weighted by atomic mass is 16.4. The van der Waals surface area contributed by atoms with Gasteiger partial charge >= 0.3 is 0 Å². The van der Waals surface area contributed by atoms with Gasteiger partial charge in [0.05, 0.1) is 5.71 Å². The minimum absolute atomic E-state index is 0.462. The Bertz CT molecular complexity index is 165. The van der Waals surface area contributed by atoms with E-state index in [9.17, 15) is 0 Å². The number of hydrogen-bond donors (Lipinski definition) is 1. The Hall–Kier alpha value is -0.530. The lowest BCUT2D eigenvalue weighted by atomic mass is 9.74. The molecule has 64 valence electrons. The molecule has 1 rings (SSSR count). The van der Waals surface area contributed by atoms with Crippen LogP contribution in [-0.2, 0) is 0 Å². The van der Waals surface area contributed by atoms with Crippen LogP contribution < -0.4 is 0 Å². The van der Waals surface area contributed by atoms with Gasteiger partial charge in [0.2, 0.25) is 0 Å². The van der Waals surface area contributed by atoms with Gasteiger partial charge in [-0.05, 0) is 24.7 Å². The molecule has 0 saturated heterocycles. The summed E-state index contributed by atoms with van der Waals surface area (Å²) in [4.78, 5) is 0. The van der Waals surface area contributed by atoms with Crippen LogP contribution in [0.1, 0.15) is 33.6 Å². The third-order valence-electron chi connectivity index (χ3n) is 3.20. The second-order valence-corrected chi connectivity index (χ2v) is 3.76. The molecule has 1 fully saturated rings. The Kier molecular flexibility index (Phi) is 2.53. The molecule has 1 aliphatic rings. The van der Waals surface area contributed by atoms with E-state index in [2.05, 4.69) is 25.9 Å². The maximum absolute atomic E-state index is 8.65. The van der Waals surface area contributed by atoms with E-state index in [-0.39, 0.29) is 0 Å². The van der Waals surface area contributed by atoms with Gasteiger partial charge in [0.25, 0.3) is 0 Å². The highest BCUT2D eigenvalue weighted by molar-refractivity contribution is 5.86. The molecular formula is C9H17NO. The lowest BCUT2D eigenvalue weighted by Crippen LogP contribution is -2.29. The van der Waals surface area contributed by atoms with Crippen LogP contribution in [0, 0.1) is 17.8 Å². The van der Waals surface area contributed by atoms with Crippen molar-refractivity contribution in [3.63, 3.8) is 0 Å². The molecule has 0 aromatic rings. The van der Waals surface area contributed by atoms with E-state index in [0.717, 1.165) is 18.1 Å². The fourth-order valence-electron chi connectivity index (χ4n) is 1.80. The van der Waals surface area contributed by atoms with Crippen molar-refractivity contribution in [2.45, 2.75) is 33.6 Å². The van der Waals surface area contributed by atoms with E-state index in [1.165, 1.54) is 6.42 Å². The van der Waals surface area contributed by atoms with E-state index in [1.807, 2.05) is 0 Å². The summed E-state index contributed by atoms with van der Waals surface area (Å²) in [5, 5.41) is 12.0. The van der Waals surface area contributed by atoms with Gasteiger partial charge in [-0.1, -0.05) is 25.9 Å². The molecule has 3 unspecified atom stereocenters. The van der Waals surface area contributed by atoms with E-state index in [0.29, 0.717) is 11.8 Å². The standard InChI is InChI=1S/C9H17NO/c1-6-4-5-9(10-11)8(3)7(6)2/h6-8,11H,4-5H2,1-3H3. The third-order valence-corrected chi connectivity index (χ3v) is 3.20. The first-order valence-corrected chi connectivity index (χ1v) is 4.37. The van der Waals surface area contributed by atoms with Gasteiger partial charge in [-0.15, -0.1) is 0 Å². The second kappa shape index (κ2) is 3.24. The van der Waals surface area contributed by atoms with Crippen molar-refractivity contribution in [3.8, 4) is 0 Å². The van der Waals surface area contributed by atoms with Gasteiger partial charge in [0, 0.05) is 5.92 Å². The molecule has 1 N–H and O–H groups in total. The molecule has 0 spiro atoms. The van der Waals surface area contributed by atoms with Crippen LogP contribution in [0.25, 0.3) is 0 Å². The highest BCUT2D eigenvalue weighted by Gasteiger charge is 2.28. The smallest absolute Gasteiger partial charge is 0.0601 e. The molecule has 1 saturated carbocycles. The van der Waals surface area contributed by atoms with Gasteiger partial charge in [0.15, 0.2) is 0 Å². The summed E-state index contributed by atoms with van der Waals surface area (Å²) in [5.41, 5.74) is 0.982. The lowest BCUT2D eigenvalue weighted by Gasteiger charge is -2.32. The summed E-state index contributed by atoms with van der Waals surface area (Å²) < 4.78 is 0. The average Bonchev–Trinajstić information content (AvgIpc) is 2.01. The first kappa shape index (κ1) is 8.57. The monoisotopic (exact) mass is 155 g/mol. The van der Waals surface area contributed by atoms with Crippen LogP contribution >= 0.6 is 0 Å². The molecule has 0 aromatic heterocycles. The fraction of sp³-hybridized carbons (Fsp3) is 0.889. The Morgan fingerprint density at radius 3 is 2.55 bits per heavy atom. The predicted octanol–water partition coefficient (Wildman–Crippen LogP) is 2.52. The first-order valence-electron chi connectivity index (χ1n) is 4.37. The molecule has 0 bridgehead atoms. The third kappa shape index (κ3) is 1.55. The second-order valence-electron chi connectivity index (χ2n) is 3.76. The molecule has 2 nitrogen and oxygen atoms in total. The van der Waals surface area contributed by atoms with Crippen molar-refractivity contribution in [2.24, 2.45) is 22.9 Å². The normalized spacial score (nSPS) is 42.8. The van der Waals surface area contributed by atoms with Crippen molar-refractivity contribution in [3.05, 3.63) is 0 Å². The van der Waals surface area contributed by atoms with Gasteiger partial charge in [0.1, 0.15) is 0 Å². The van der Waals surface area contributed by atoms with Crippen LogP contribution in [-0.4, -0.2) is 10.9 Å².